The largest absolute Gasteiger partial charge is 0.431 e. The Labute approximate surface area is 207 Å². The molecule has 12 heteroatoms. The summed E-state index contributed by atoms with van der Waals surface area (Å²) in [4.78, 5) is 29.0. The number of nitrogens with zero attached hydrogens (tertiary/aromatic N) is 10. The lowest BCUT2D eigenvalue weighted by molar-refractivity contribution is -0.679. The number of aryl methyl sites for hydroxylation is 2. The van der Waals surface area contributed by atoms with E-state index >= 15 is 0 Å². The van der Waals surface area contributed by atoms with E-state index in [0.29, 0.717) is 22.9 Å². The summed E-state index contributed by atoms with van der Waals surface area (Å²) in [5.41, 5.74) is 2.21. The zero-order valence-corrected chi connectivity index (χ0v) is 20.6. The minimum atomic E-state index is -0.189. The Kier molecular flexibility index (Phi) is 5.42. The lowest BCUT2D eigenvalue weighted by Gasteiger charge is -2.39. The molecule has 0 bridgehead atoms. The van der Waals surface area contributed by atoms with Crippen LogP contribution < -0.4 is 25.7 Å². The molecule has 1 N–H and O–H groups in total. The smallest absolute Gasteiger partial charge is 0.373 e. The highest BCUT2D eigenvalue weighted by Crippen LogP contribution is 2.27. The molecule has 0 unspecified atom stereocenters. The van der Waals surface area contributed by atoms with Gasteiger partial charge in [0.2, 0.25) is 11.8 Å². The first kappa shape index (κ1) is 22.3. The van der Waals surface area contributed by atoms with E-state index in [2.05, 4.69) is 47.0 Å². The fourth-order valence-electron chi connectivity index (χ4n) is 4.73. The first-order valence-electron chi connectivity index (χ1n) is 12.3. The number of rotatable bonds is 8. The van der Waals surface area contributed by atoms with E-state index in [1.165, 1.54) is 0 Å². The molecular weight excluding hydrogens is 458 g/mol. The number of aromatic nitrogens is 8. The van der Waals surface area contributed by atoms with Gasteiger partial charge >= 0.3 is 11.3 Å². The zero-order chi connectivity index (χ0) is 24.8. The first-order chi connectivity index (χ1) is 17.6. The highest BCUT2D eigenvalue weighted by atomic mass is 16.1. The molecule has 12 nitrogen and oxygen atoms in total. The number of nitrogens with one attached hydrogen (secondary N) is 1. The second-order valence-corrected chi connectivity index (χ2v) is 9.18. The standard InChI is InChI=1S/C24H28N11O/c1-4-5-6-9-33-19-10-18(28-21(19)22(36)35-15(2)30-31-24(33)35)16-11-27-34(12-16)17-13-32(14-17)23-26-8-7-20(25-3)29-23/h7-8,10-12,17H,4-6,9,13-14H2,1-3H3,(H,25,26,29)/q+1. The van der Waals surface area contributed by atoms with Gasteiger partial charge in [-0.1, -0.05) is 19.8 Å². The summed E-state index contributed by atoms with van der Waals surface area (Å²) in [7, 11) is 1.84. The van der Waals surface area contributed by atoms with Crippen LogP contribution in [0.5, 0.6) is 0 Å². The van der Waals surface area contributed by atoms with Crippen LogP contribution in [0.4, 0.5) is 11.8 Å². The van der Waals surface area contributed by atoms with E-state index in [0.717, 1.165) is 61.7 Å². The number of anilines is 2. The summed E-state index contributed by atoms with van der Waals surface area (Å²) < 4.78 is 5.58. The lowest BCUT2D eigenvalue weighted by Crippen LogP contribution is -2.50. The van der Waals surface area contributed by atoms with Gasteiger partial charge in [0.05, 0.1) is 24.5 Å². The number of unbranched alkanes of at least 4 members (excludes halogenated alkanes) is 2. The average molecular weight is 487 g/mol. The van der Waals surface area contributed by atoms with Crippen LogP contribution in [0.15, 0.2) is 34.4 Å². The minimum absolute atomic E-state index is 0.189. The third-order valence-electron chi connectivity index (χ3n) is 6.79. The molecule has 0 amide bonds. The van der Waals surface area contributed by atoms with E-state index in [1.54, 1.807) is 17.5 Å². The van der Waals surface area contributed by atoms with Crippen LogP contribution in [0.2, 0.25) is 0 Å². The third kappa shape index (κ3) is 3.60. The predicted octanol–water partition coefficient (Wildman–Crippen LogP) is 0.815. The fraction of sp³-hybridized carbons (Fsp3) is 0.417. The molecule has 1 fully saturated rings. The van der Waals surface area contributed by atoms with Gasteiger partial charge in [0.25, 0.3) is 0 Å². The normalized spacial score (nSPS) is 15.1. The maximum Gasteiger partial charge on any atom is 0.431 e. The van der Waals surface area contributed by atoms with E-state index in [9.17, 15) is 4.79 Å². The Bertz CT molecular complexity index is 1600. The molecule has 1 saturated heterocycles. The molecule has 0 saturated carbocycles. The van der Waals surface area contributed by atoms with E-state index in [-0.39, 0.29) is 11.6 Å². The molecule has 4 aromatic heterocycles. The van der Waals surface area contributed by atoms with Crippen LogP contribution >= 0.6 is 0 Å². The predicted molar refractivity (Wildman–Crippen MR) is 133 cm³/mol. The van der Waals surface area contributed by atoms with Crippen molar-refractivity contribution in [3.8, 4) is 0 Å². The molecule has 0 radical (unpaired) electrons. The maximum atomic E-state index is 13.2. The topological polar surface area (TPSA) is 122 Å². The van der Waals surface area contributed by atoms with Crippen LogP contribution in [0.1, 0.15) is 49.3 Å². The zero-order valence-electron chi connectivity index (χ0n) is 20.6. The summed E-state index contributed by atoms with van der Waals surface area (Å²) in [6.07, 6.45) is 10.7. The monoisotopic (exact) mass is 486 g/mol. The van der Waals surface area contributed by atoms with Gasteiger partial charge in [0, 0.05) is 56.2 Å². The molecule has 0 aliphatic carbocycles. The SMILES string of the molecule is CCCCC[n+]1c2c(c(=O)n3c(C)nnc31)=NC(c1cnn(C3CN(c4nccc(NC)n4)C3)c1)=C2. The van der Waals surface area contributed by atoms with Crippen molar-refractivity contribution in [1.29, 1.82) is 0 Å². The fourth-order valence-corrected chi connectivity index (χ4v) is 4.73. The van der Waals surface area contributed by atoms with Gasteiger partial charge in [-0.2, -0.15) is 10.1 Å². The van der Waals surface area contributed by atoms with Crippen molar-refractivity contribution >= 4 is 29.3 Å². The van der Waals surface area contributed by atoms with Gasteiger partial charge in [-0.25, -0.2) is 19.3 Å². The second kappa shape index (κ2) is 8.77. The summed E-state index contributed by atoms with van der Waals surface area (Å²) in [5, 5.41) is 16.5. The Morgan fingerprint density at radius 2 is 2.08 bits per heavy atom. The third-order valence-corrected chi connectivity index (χ3v) is 6.79. The van der Waals surface area contributed by atoms with Crippen molar-refractivity contribution in [1.82, 2.24) is 34.3 Å². The molecule has 0 spiro atoms. The van der Waals surface area contributed by atoms with E-state index < -0.39 is 0 Å². The van der Waals surface area contributed by atoms with Crippen molar-refractivity contribution in [2.75, 3.05) is 30.4 Å². The highest BCUT2D eigenvalue weighted by molar-refractivity contribution is 5.81. The van der Waals surface area contributed by atoms with Crippen LogP contribution in [0.25, 0.3) is 17.6 Å². The second-order valence-electron chi connectivity index (χ2n) is 9.18. The number of fused-ring (bicyclic) bond motifs is 2. The summed E-state index contributed by atoms with van der Waals surface area (Å²) in [6, 6.07) is 2.06. The Hall–Kier alpha value is -4.22. The van der Waals surface area contributed by atoms with Crippen molar-refractivity contribution in [3.63, 3.8) is 0 Å². The molecule has 6 heterocycles. The van der Waals surface area contributed by atoms with Gasteiger partial charge in [-0.3, -0.25) is 4.68 Å². The summed E-state index contributed by atoms with van der Waals surface area (Å²) in [6.45, 7) is 6.27. The highest BCUT2D eigenvalue weighted by Gasteiger charge is 2.32. The van der Waals surface area contributed by atoms with Gasteiger partial charge in [-0.15, -0.1) is 4.40 Å². The van der Waals surface area contributed by atoms with Gasteiger partial charge < -0.3 is 10.2 Å². The lowest BCUT2D eigenvalue weighted by atomic mass is 10.1. The molecule has 2 aliphatic rings. The van der Waals surface area contributed by atoms with Crippen LogP contribution in [0, 0.1) is 6.92 Å². The molecule has 0 atom stereocenters. The molecule has 184 valence electrons. The van der Waals surface area contributed by atoms with E-state index in [1.807, 2.05) is 36.3 Å². The van der Waals surface area contributed by atoms with Gasteiger partial charge in [0.15, 0.2) is 5.36 Å². The molecular formula is C24H28N11O+. The molecule has 0 aromatic carbocycles. The minimum Gasteiger partial charge on any atom is -0.373 e. The van der Waals surface area contributed by atoms with Crippen LogP contribution in [-0.4, -0.2) is 54.5 Å². The van der Waals surface area contributed by atoms with Crippen molar-refractivity contribution < 1.29 is 4.57 Å². The Morgan fingerprint density at radius 3 is 2.89 bits per heavy atom. The molecule has 36 heavy (non-hydrogen) atoms. The summed E-state index contributed by atoms with van der Waals surface area (Å²) >= 11 is 0. The average Bonchev–Trinajstić information content (AvgIpc) is 3.59. The molecule has 2 aliphatic heterocycles. The summed E-state index contributed by atoms with van der Waals surface area (Å²) in [5.74, 6) is 2.63. The van der Waals surface area contributed by atoms with Crippen molar-refractivity contribution in [3.05, 3.63) is 57.4 Å². The van der Waals surface area contributed by atoms with Crippen LogP contribution in [0.3, 0.4) is 0 Å². The Morgan fingerprint density at radius 1 is 1.22 bits per heavy atom. The molecule has 6 rings (SSSR count). The Balaban J connectivity index is 1.27. The number of hydrogen-bond acceptors (Lipinski definition) is 9. The number of hydrogen-bond donors (Lipinski definition) is 1. The van der Waals surface area contributed by atoms with Crippen molar-refractivity contribution in [2.24, 2.45) is 4.99 Å². The quantitative estimate of drug-likeness (QED) is 0.287. The van der Waals surface area contributed by atoms with E-state index in [4.69, 9.17) is 4.99 Å². The van der Waals surface area contributed by atoms with Gasteiger partial charge in [0.1, 0.15) is 11.5 Å². The maximum absolute atomic E-state index is 13.2. The van der Waals surface area contributed by atoms with Gasteiger partial charge in [-0.05, 0) is 17.6 Å². The first-order valence-corrected chi connectivity index (χ1v) is 12.3. The van der Waals surface area contributed by atoms with Crippen LogP contribution in [-0.2, 0) is 6.54 Å². The molecule has 4 aromatic rings. The van der Waals surface area contributed by atoms with Crippen molar-refractivity contribution in [2.45, 2.75) is 45.7 Å².